The van der Waals surface area contributed by atoms with Crippen LogP contribution >= 0.6 is 0 Å². The van der Waals surface area contributed by atoms with Crippen molar-refractivity contribution in [1.82, 2.24) is 9.97 Å². The van der Waals surface area contributed by atoms with Crippen LogP contribution in [0.1, 0.15) is 31.9 Å². The largest absolute Gasteiger partial charge is 0.514 e. The standard InChI is InChI=1S/C25H25N5O6/c1-25(2,3)36-24(32)35-21-18(33-4)11-15(12-19(21)34-5)14-27-30-23-28-20(16-9-7-6-8-10-16)17(13-26)22(31)29-23/h6-12,14H,1-5H3,(H2,28,29,30,31). The van der Waals surface area contributed by atoms with E-state index in [-0.39, 0.29) is 34.5 Å². The molecule has 11 nitrogen and oxygen atoms in total. The number of aromatic amines is 1. The summed E-state index contributed by atoms with van der Waals surface area (Å²) in [5, 5.41) is 13.5. The summed E-state index contributed by atoms with van der Waals surface area (Å²) in [4.78, 5) is 31.3. The molecule has 11 heteroatoms. The molecule has 0 atom stereocenters. The third-order valence-corrected chi connectivity index (χ3v) is 4.52. The number of methoxy groups -OCH3 is 2. The third kappa shape index (κ3) is 6.38. The Morgan fingerprint density at radius 2 is 1.78 bits per heavy atom. The number of anilines is 1. The molecule has 0 saturated carbocycles. The van der Waals surface area contributed by atoms with E-state index in [0.717, 1.165) is 0 Å². The van der Waals surface area contributed by atoms with E-state index < -0.39 is 17.3 Å². The van der Waals surface area contributed by atoms with Crippen LogP contribution in [-0.4, -0.2) is 42.2 Å². The number of nitrogens with zero attached hydrogens (tertiary/aromatic N) is 3. The Bertz CT molecular complexity index is 1350. The highest BCUT2D eigenvalue weighted by molar-refractivity contribution is 5.83. The van der Waals surface area contributed by atoms with E-state index in [1.54, 1.807) is 57.2 Å². The maximum Gasteiger partial charge on any atom is 0.514 e. The fourth-order valence-electron chi connectivity index (χ4n) is 3.03. The molecule has 0 saturated heterocycles. The van der Waals surface area contributed by atoms with Crippen molar-refractivity contribution < 1.29 is 23.7 Å². The van der Waals surface area contributed by atoms with Crippen molar-refractivity contribution in [3.63, 3.8) is 0 Å². The Morgan fingerprint density at radius 1 is 1.14 bits per heavy atom. The van der Waals surface area contributed by atoms with E-state index in [2.05, 4.69) is 20.5 Å². The first-order valence-electron chi connectivity index (χ1n) is 10.7. The SMILES string of the molecule is COc1cc(C=NNc2nc(-c3ccccc3)c(C#N)c(=O)[nH]2)cc(OC)c1OC(=O)OC(C)(C)C. The topological polar surface area (TPSA) is 148 Å². The van der Waals surface area contributed by atoms with Gasteiger partial charge in [-0.1, -0.05) is 30.3 Å². The van der Waals surface area contributed by atoms with E-state index >= 15 is 0 Å². The van der Waals surface area contributed by atoms with Crippen LogP contribution in [0.15, 0.2) is 52.4 Å². The minimum atomic E-state index is -0.910. The summed E-state index contributed by atoms with van der Waals surface area (Å²) < 4.78 is 21.2. The van der Waals surface area contributed by atoms with Crippen LogP contribution in [0.25, 0.3) is 11.3 Å². The van der Waals surface area contributed by atoms with Gasteiger partial charge < -0.3 is 18.9 Å². The van der Waals surface area contributed by atoms with E-state index in [1.165, 1.54) is 20.4 Å². The Balaban J connectivity index is 1.86. The summed E-state index contributed by atoms with van der Waals surface area (Å²) in [7, 11) is 2.82. The molecule has 1 heterocycles. The smallest absolute Gasteiger partial charge is 0.493 e. The Hall–Kier alpha value is -4.85. The molecule has 3 rings (SSSR count). The predicted octanol–water partition coefficient (Wildman–Crippen LogP) is 4.09. The fraction of sp³-hybridized carbons (Fsp3) is 0.240. The summed E-state index contributed by atoms with van der Waals surface area (Å²) in [6.07, 6.45) is 0.509. The number of nitrogens with one attached hydrogen (secondary N) is 2. The monoisotopic (exact) mass is 491 g/mol. The van der Waals surface area contributed by atoms with E-state index in [9.17, 15) is 14.9 Å². The quantitative estimate of drug-likeness (QED) is 0.216. The molecule has 0 unspecified atom stereocenters. The lowest BCUT2D eigenvalue weighted by molar-refractivity contribution is 0.0195. The Labute approximate surface area is 207 Å². The van der Waals surface area contributed by atoms with Gasteiger partial charge in [0, 0.05) is 11.1 Å². The van der Waals surface area contributed by atoms with Gasteiger partial charge in [-0.05, 0) is 32.9 Å². The number of hydrazone groups is 1. The molecule has 36 heavy (non-hydrogen) atoms. The van der Waals surface area contributed by atoms with Crippen molar-refractivity contribution >= 4 is 18.3 Å². The van der Waals surface area contributed by atoms with Gasteiger partial charge in [0.15, 0.2) is 11.5 Å². The molecule has 0 aliphatic heterocycles. The average molecular weight is 492 g/mol. The number of carbonyl (C=O) groups is 1. The van der Waals surface area contributed by atoms with E-state index in [1.807, 2.05) is 12.1 Å². The highest BCUT2D eigenvalue weighted by Crippen LogP contribution is 2.38. The van der Waals surface area contributed by atoms with Gasteiger partial charge in [0.1, 0.15) is 17.2 Å². The first kappa shape index (κ1) is 25.8. The summed E-state index contributed by atoms with van der Waals surface area (Å²) in [6.45, 7) is 5.15. The molecule has 2 aromatic carbocycles. The maximum absolute atomic E-state index is 12.4. The Kier molecular flexibility index (Phi) is 7.91. The van der Waals surface area contributed by atoms with Gasteiger partial charge in [0.25, 0.3) is 5.56 Å². The van der Waals surface area contributed by atoms with Gasteiger partial charge in [0.2, 0.25) is 11.7 Å². The van der Waals surface area contributed by atoms with Crippen molar-refractivity contribution in [2.75, 3.05) is 19.6 Å². The zero-order valence-corrected chi connectivity index (χ0v) is 20.4. The van der Waals surface area contributed by atoms with Crippen LogP contribution in [0.4, 0.5) is 10.7 Å². The van der Waals surface area contributed by atoms with E-state index in [0.29, 0.717) is 11.1 Å². The van der Waals surface area contributed by atoms with Crippen LogP contribution in [-0.2, 0) is 4.74 Å². The first-order chi connectivity index (χ1) is 17.1. The fourth-order valence-corrected chi connectivity index (χ4v) is 3.03. The molecule has 0 aliphatic rings. The molecule has 1 aromatic heterocycles. The molecule has 0 spiro atoms. The molecular formula is C25H25N5O6. The zero-order valence-electron chi connectivity index (χ0n) is 20.4. The number of rotatable bonds is 7. The molecule has 2 N–H and O–H groups in total. The van der Waals surface area contributed by atoms with Crippen molar-refractivity contribution in [3.05, 3.63) is 63.9 Å². The highest BCUT2D eigenvalue weighted by Gasteiger charge is 2.22. The molecular weight excluding hydrogens is 466 g/mol. The lowest BCUT2D eigenvalue weighted by atomic mass is 10.1. The van der Waals surface area contributed by atoms with Crippen LogP contribution in [0.2, 0.25) is 0 Å². The molecule has 0 amide bonds. The molecule has 186 valence electrons. The van der Waals surface area contributed by atoms with Gasteiger partial charge >= 0.3 is 6.16 Å². The zero-order chi connectivity index (χ0) is 26.3. The van der Waals surface area contributed by atoms with Crippen LogP contribution in [0.5, 0.6) is 17.2 Å². The van der Waals surface area contributed by atoms with Gasteiger partial charge in [-0.3, -0.25) is 9.78 Å². The number of nitriles is 1. The number of aromatic nitrogens is 2. The number of H-pyrrole nitrogens is 1. The minimum Gasteiger partial charge on any atom is -0.493 e. The summed E-state index contributed by atoms with van der Waals surface area (Å²) in [5.41, 5.74) is 2.57. The van der Waals surface area contributed by atoms with Crippen molar-refractivity contribution in [1.29, 1.82) is 5.26 Å². The molecule has 0 aliphatic carbocycles. The summed E-state index contributed by atoms with van der Waals surface area (Å²) in [5.74, 6) is 0.499. The summed E-state index contributed by atoms with van der Waals surface area (Å²) >= 11 is 0. The third-order valence-electron chi connectivity index (χ3n) is 4.52. The lowest BCUT2D eigenvalue weighted by Gasteiger charge is -2.20. The first-order valence-corrected chi connectivity index (χ1v) is 10.7. The van der Waals surface area contributed by atoms with Crippen molar-refractivity contribution in [2.45, 2.75) is 26.4 Å². The number of hydrogen-bond acceptors (Lipinski definition) is 10. The maximum atomic E-state index is 12.4. The van der Waals surface area contributed by atoms with E-state index in [4.69, 9.17) is 18.9 Å². The molecule has 3 aromatic rings. The number of carbonyl (C=O) groups excluding carboxylic acids is 1. The van der Waals surface area contributed by atoms with Crippen LogP contribution in [0, 0.1) is 11.3 Å². The molecule has 0 fully saturated rings. The second kappa shape index (κ2) is 11.1. The minimum absolute atomic E-state index is 0.0397. The number of benzene rings is 2. The van der Waals surface area contributed by atoms with Gasteiger partial charge in [-0.15, -0.1) is 0 Å². The normalized spacial score (nSPS) is 11.0. The van der Waals surface area contributed by atoms with Gasteiger partial charge in [-0.25, -0.2) is 15.2 Å². The second-order valence-corrected chi connectivity index (χ2v) is 8.31. The summed E-state index contributed by atoms with van der Waals surface area (Å²) in [6, 6.07) is 13.9. The van der Waals surface area contributed by atoms with Crippen LogP contribution < -0.4 is 25.2 Å². The molecule has 0 bridgehead atoms. The lowest BCUT2D eigenvalue weighted by Crippen LogP contribution is -2.26. The second-order valence-electron chi connectivity index (χ2n) is 8.31. The van der Waals surface area contributed by atoms with Gasteiger partial charge in [0.05, 0.1) is 26.1 Å². The number of hydrogen-bond donors (Lipinski definition) is 2. The van der Waals surface area contributed by atoms with Crippen molar-refractivity contribution in [3.8, 4) is 34.6 Å². The number of ether oxygens (including phenoxy) is 4. The highest BCUT2D eigenvalue weighted by atomic mass is 16.7. The van der Waals surface area contributed by atoms with Gasteiger partial charge in [-0.2, -0.15) is 10.4 Å². The molecule has 0 radical (unpaired) electrons. The van der Waals surface area contributed by atoms with Crippen LogP contribution in [0.3, 0.4) is 0 Å². The average Bonchev–Trinajstić information content (AvgIpc) is 2.83. The predicted molar refractivity (Wildman–Crippen MR) is 133 cm³/mol. The van der Waals surface area contributed by atoms with Crippen molar-refractivity contribution in [2.24, 2.45) is 5.10 Å². The Morgan fingerprint density at radius 3 is 2.33 bits per heavy atom.